The molecule has 7 nitrogen and oxygen atoms in total. The average molecular weight is 362 g/mol. The maximum absolute atomic E-state index is 4.54. The topological polar surface area (TPSA) is 90.2 Å². The fourth-order valence-corrected chi connectivity index (χ4v) is 2.82. The molecule has 0 atom stereocenters. The Bertz CT molecular complexity index is 1250. The second kappa shape index (κ2) is 6.88. The first kappa shape index (κ1) is 16.1. The minimum atomic E-state index is 0.511. The Morgan fingerprint density at radius 3 is 2.36 bits per heavy atom. The summed E-state index contributed by atoms with van der Waals surface area (Å²) < 4.78 is 0. The Hall–Kier alpha value is -4.13. The second-order valence-electron chi connectivity index (χ2n) is 6.05. The van der Waals surface area contributed by atoms with Crippen molar-refractivity contribution in [2.24, 2.45) is 0 Å². The molecule has 0 unspecified atom stereocenters. The van der Waals surface area contributed by atoms with Crippen molar-refractivity contribution in [3.8, 4) is 33.9 Å². The highest BCUT2D eigenvalue weighted by molar-refractivity contribution is 5.82. The van der Waals surface area contributed by atoms with E-state index < -0.39 is 0 Å². The molecule has 5 rings (SSSR count). The number of pyridine rings is 1. The quantitative estimate of drug-likeness (QED) is 0.486. The molecule has 0 bridgehead atoms. The summed E-state index contributed by atoms with van der Waals surface area (Å²) in [7, 11) is 0. The van der Waals surface area contributed by atoms with Gasteiger partial charge in [0.15, 0.2) is 0 Å². The first-order valence-corrected chi connectivity index (χ1v) is 8.54. The molecule has 0 saturated heterocycles. The molecule has 0 spiro atoms. The summed E-state index contributed by atoms with van der Waals surface area (Å²) in [5.41, 5.74) is 5.12. The van der Waals surface area contributed by atoms with Gasteiger partial charge in [-0.25, -0.2) is 19.9 Å². The van der Waals surface area contributed by atoms with Crippen molar-refractivity contribution in [2.45, 2.75) is 0 Å². The standard InChI is InChI=1S/C21H12N7/c1-2-4-17-14(3-1)5-15(8-25-17)18-11-27-20(12-26-18)21-10-22-9-19(28-21)16-6-23-13-24-7-16/h1-9,11-13H. The Balaban J connectivity index is 1.48. The number of para-hydroxylation sites is 1. The van der Waals surface area contributed by atoms with Crippen LogP contribution in [-0.2, 0) is 0 Å². The molecule has 4 heterocycles. The van der Waals surface area contributed by atoms with Crippen molar-refractivity contribution < 1.29 is 0 Å². The van der Waals surface area contributed by atoms with Gasteiger partial charge >= 0.3 is 0 Å². The number of hydrogen-bond donors (Lipinski definition) is 0. The lowest BCUT2D eigenvalue weighted by molar-refractivity contribution is 1.12. The first-order valence-electron chi connectivity index (χ1n) is 8.54. The predicted octanol–water partition coefficient (Wildman–Crippen LogP) is 3.41. The molecule has 0 aliphatic carbocycles. The highest BCUT2D eigenvalue weighted by Gasteiger charge is 2.08. The van der Waals surface area contributed by atoms with Crippen LogP contribution in [-0.4, -0.2) is 34.9 Å². The number of nitrogens with zero attached hydrogens (tertiary/aromatic N) is 7. The SMILES string of the molecule is [c]1ncc(-c2cncnc2)nc1-c1cnc(-c2cnc3ccccc3c2)cn1. The normalized spacial score (nSPS) is 10.9. The van der Waals surface area contributed by atoms with Crippen molar-refractivity contribution in [1.82, 2.24) is 34.9 Å². The molecule has 0 aliphatic rings. The molecule has 4 aromatic heterocycles. The number of fused-ring (bicyclic) bond motifs is 1. The summed E-state index contributed by atoms with van der Waals surface area (Å²) >= 11 is 0. The molecule has 1 radical (unpaired) electrons. The van der Waals surface area contributed by atoms with Gasteiger partial charge in [0.2, 0.25) is 0 Å². The van der Waals surface area contributed by atoms with E-state index in [1.165, 1.54) is 6.33 Å². The second-order valence-corrected chi connectivity index (χ2v) is 6.05. The van der Waals surface area contributed by atoms with Crippen molar-refractivity contribution in [1.29, 1.82) is 0 Å². The monoisotopic (exact) mass is 362 g/mol. The average Bonchev–Trinajstić information content (AvgIpc) is 2.79. The number of rotatable bonds is 3. The van der Waals surface area contributed by atoms with E-state index in [-0.39, 0.29) is 0 Å². The van der Waals surface area contributed by atoms with Crippen molar-refractivity contribution in [3.63, 3.8) is 0 Å². The predicted molar refractivity (Wildman–Crippen MR) is 104 cm³/mol. The van der Waals surface area contributed by atoms with Crippen LogP contribution in [0, 0.1) is 6.20 Å². The summed E-state index contributed by atoms with van der Waals surface area (Å²) in [5.74, 6) is 0. The van der Waals surface area contributed by atoms with Gasteiger partial charge in [-0.15, -0.1) is 0 Å². The molecule has 1 aromatic carbocycles. The lowest BCUT2D eigenvalue weighted by Gasteiger charge is -2.05. The van der Waals surface area contributed by atoms with Gasteiger partial charge in [0, 0.05) is 35.1 Å². The fourth-order valence-electron chi connectivity index (χ4n) is 2.82. The lowest BCUT2D eigenvalue weighted by atomic mass is 10.1. The molecular weight excluding hydrogens is 350 g/mol. The third-order valence-corrected chi connectivity index (χ3v) is 4.23. The Kier molecular flexibility index (Phi) is 3.95. The summed E-state index contributed by atoms with van der Waals surface area (Å²) in [5, 5.41) is 1.06. The molecule has 28 heavy (non-hydrogen) atoms. The Labute approximate surface area is 160 Å². The first-order chi connectivity index (χ1) is 13.9. The molecule has 7 heteroatoms. The minimum Gasteiger partial charge on any atom is -0.256 e. The van der Waals surface area contributed by atoms with Crippen LogP contribution >= 0.6 is 0 Å². The molecule has 0 saturated carbocycles. The smallest absolute Gasteiger partial charge is 0.119 e. The maximum atomic E-state index is 4.54. The van der Waals surface area contributed by atoms with Gasteiger partial charge in [-0.2, -0.15) is 0 Å². The van der Waals surface area contributed by atoms with Crippen LogP contribution in [0.1, 0.15) is 0 Å². The Morgan fingerprint density at radius 1 is 0.679 bits per heavy atom. The maximum Gasteiger partial charge on any atom is 0.119 e. The van der Waals surface area contributed by atoms with Gasteiger partial charge < -0.3 is 0 Å². The summed E-state index contributed by atoms with van der Waals surface area (Å²) in [6, 6.07) is 10.0. The zero-order valence-corrected chi connectivity index (χ0v) is 14.6. The van der Waals surface area contributed by atoms with Crippen molar-refractivity contribution >= 4 is 10.9 Å². The molecule has 0 aliphatic heterocycles. The zero-order valence-electron chi connectivity index (χ0n) is 14.6. The van der Waals surface area contributed by atoms with Crippen LogP contribution in [0.2, 0.25) is 0 Å². The number of benzene rings is 1. The number of hydrogen-bond acceptors (Lipinski definition) is 7. The molecule has 5 aromatic rings. The van der Waals surface area contributed by atoms with Gasteiger partial charge in [-0.05, 0) is 12.1 Å². The molecule has 131 valence electrons. The summed E-state index contributed by atoms with van der Waals surface area (Å²) in [6.45, 7) is 0. The van der Waals surface area contributed by atoms with Crippen LogP contribution in [0.25, 0.3) is 44.8 Å². The molecule has 0 fully saturated rings. The Morgan fingerprint density at radius 2 is 1.50 bits per heavy atom. The summed E-state index contributed by atoms with van der Waals surface area (Å²) in [4.78, 5) is 30.2. The van der Waals surface area contributed by atoms with Crippen molar-refractivity contribution in [2.75, 3.05) is 0 Å². The van der Waals surface area contributed by atoms with Crippen LogP contribution in [0.5, 0.6) is 0 Å². The highest BCUT2D eigenvalue weighted by Crippen LogP contribution is 2.22. The van der Waals surface area contributed by atoms with Crippen LogP contribution in [0.15, 0.2) is 73.8 Å². The van der Waals surface area contributed by atoms with Crippen molar-refractivity contribution in [3.05, 3.63) is 80.0 Å². The molecule has 0 amide bonds. The van der Waals surface area contributed by atoms with E-state index in [4.69, 9.17) is 0 Å². The zero-order chi connectivity index (χ0) is 18.8. The third-order valence-electron chi connectivity index (χ3n) is 4.23. The van der Waals surface area contributed by atoms with Crippen LogP contribution in [0.3, 0.4) is 0 Å². The van der Waals surface area contributed by atoms with E-state index in [1.54, 1.807) is 37.2 Å². The van der Waals surface area contributed by atoms with Gasteiger partial charge in [-0.1, -0.05) is 18.2 Å². The van der Waals surface area contributed by atoms with Crippen LogP contribution < -0.4 is 0 Å². The van der Waals surface area contributed by atoms with Gasteiger partial charge in [0.25, 0.3) is 0 Å². The third kappa shape index (κ3) is 3.05. The van der Waals surface area contributed by atoms with E-state index in [2.05, 4.69) is 41.1 Å². The lowest BCUT2D eigenvalue weighted by Crippen LogP contribution is -1.95. The van der Waals surface area contributed by atoms with E-state index in [1.807, 2.05) is 30.3 Å². The molecule has 0 N–H and O–H groups in total. The largest absolute Gasteiger partial charge is 0.256 e. The van der Waals surface area contributed by atoms with Gasteiger partial charge in [0.1, 0.15) is 23.9 Å². The minimum absolute atomic E-state index is 0.511. The van der Waals surface area contributed by atoms with E-state index >= 15 is 0 Å². The summed E-state index contributed by atoms with van der Waals surface area (Å²) in [6.07, 6.45) is 14.5. The fraction of sp³-hybridized carbons (Fsp3) is 0. The van der Waals surface area contributed by atoms with Crippen LogP contribution in [0.4, 0.5) is 0 Å². The van der Waals surface area contributed by atoms with Gasteiger partial charge in [-0.3, -0.25) is 15.0 Å². The van der Waals surface area contributed by atoms with E-state index in [0.29, 0.717) is 17.1 Å². The molecular formula is C21H12N7. The van der Waals surface area contributed by atoms with Gasteiger partial charge in [0.05, 0.1) is 35.5 Å². The number of aromatic nitrogens is 7. The highest BCUT2D eigenvalue weighted by atomic mass is 14.9. The van der Waals surface area contributed by atoms with E-state index in [9.17, 15) is 0 Å². The van der Waals surface area contributed by atoms with E-state index in [0.717, 1.165) is 27.7 Å².